The highest BCUT2D eigenvalue weighted by molar-refractivity contribution is 5.77. The van der Waals surface area contributed by atoms with Gasteiger partial charge in [-0.25, -0.2) is 0 Å². The molecule has 354 valence electrons. The first-order valence-electron chi connectivity index (χ1n) is 26.0. The number of rotatable bonds is 46. The molecule has 3 N–H and O–H groups in total. The van der Waals surface area contributed by atoms with Gasteiger partial charge in [-0.3, -0.25) is 9.59 Å². The standard InChI is InChI=1S/C55H99NO5/c1-4-7-10-13-16-19-22-25-26-27-28-30-31-34-37-40-43-46-51(61-55(60)48-45-42-39-36-33-29-23-20-17-14-11-8-5-2)49-54(59)56-52(50-57)53(58)47-44-41-38-35-32-24-21-18-15-12-9-6-3/h8,11,14,16-17,19-20,23,25-26,51-53,57-58H,4-7,9-10,12-13,15,18,21-22,24,27-50H2,1-3H3,(H,56,59)/b11-8+,17-14+,19-16-,23-20-,26-25-. The van der Waals surface area contributed by atoms with Crippen molar-refractivity contribution < 1.29 is 24.5 Å². The minimum Gasteiger partial charge on any atom is -0.462 e. The zero-order valence-electron chi connectivity index (χ0n) is 40.3. The van der Waals surface area contributed by atoms with Gasteiger partial charge in [0.2, 0.25) is 5.91 Å². The van der Waals surface area contributed by atoms with Crippen molar-refractivity contribution in [2.45, 2.75) is 270 Å². The van der Waals surface area contributed by atoms with E-state index in [-0.39, 0.29) is 24.9 Å². The molecule has 0 saturated carbocycles. The second kappa shape index (κ2) is 48.6. The van der Waals surface area contributed by atoms with Crippen LogP contribution in [0.15, 0.2) is 60.8 Å². The van der Waals surface area contributed by atoms with Gasteiger partial charge in [-0.2, -0.15) is 0 Å². The maximum Gasteiger partial charge on any atom is 0.306 e. The van der Waals surface area contributed by atoms with Gasteiger partial charge in [0.25, 0.3) is 0 Å². The highest BCUT2D eigenvalue weighted by Gasteiger charge is 2.24. The van der Waals surface area contributed by atoms with Crippen molar-refractivity contribution in [2.75, 3.05) is 6.61 Å². The van der Waals surface area contributed by atoms with E-state index in [1.54, 1.807) is 0 Å². The van der Waals surface area contributed by atoms with Crippen molar-refractivity contribution in [1.82, 2.24) is 5.32 Å². The summed E-state index contributed by atoms with van der Waals surface area (Å²) in [6.07, 6.45) is 59.9. The van der Waals surface area contributed by atoms with Crippen LogP contribution in [-0.4, -0.2) is 46.9 Å². The fourth-order valence-electron chi connectivity index (χ4n) is 7.70. The maximum atomic E-state index is 13.2. The molecule has 1 amide bonds. The van der Waals surface area contributed by atoms with Gasteiger partial charge in [0.1, 0.15) is 6.10 Å². The molecule has 0 fully saturated rings. The van der Waals surface area contributed by atoms with Crippen LogP contribution in [0.4, 0.5) is 0 Å². The third kappa shape index (κ3) is 44.0. The second-order valence-electron chi connectivity index (χ2n) is 17.6. The van der Waals surface area contributed by atoms with Gasteiger partial charge in [-0.05, 0) is 77.0 Å². The van der Waals surface area contributed by atoms with E-state index >= 15 is 0 Å². The fraction of sp³-hybridized carbons (Fsp3) is 0.782. The van der Waals surface area contributed by atoms with E-state index < -0.39 is 18.2 Å². The summed E-state index contributed by atoms with van der Waals surface area (Å²) >= 11 is 0. The Kier molecular flexibility index (Phi) is 46.6. The fourth-order valence-corrected chi connectivity index (χ4v) is 7.70. The van der Waals surface area contributed by atoms with E-state index in [9.17, 15) is 19.8 Å². The Labute approximate surface area is 378 Å². The molecule has 3 atom stereocenters. The molecule has 0 radical (unpaired) electrons. The number of carbonyl (C=O) groups excluding carboxylic acids is 2. The van der Waals surface area contributed by atoms with Crippen LogP contribution in [0.5, 0.6) is 0 Å². The van der Waals surface area contributed by atoms with E-state index in [4.69, 9.17) is 4.74 Å². The molecule has 0 aliphatic carbocycles. The average molecular weight is 854 g/mol. The van der Waals surface area contributed by atoms with Crippen LogP contribution in [-0.2, 0) is 14.3 Å². The molecule has 0 spiro atoms. The lowest BCUT2D eigenvalue weighted by atomic mass is 10.0. The van der Waals surface area contributed by atoms with Gasteiger partial charge < -0.3 is 20.3 Å². The molecular weight excluding hydrogens is 755 g/mol. The summed E-state index contributed by atoms with van der Waals surface area (Å²) in [7, 11) is 0. The Hall–Kier alpha value is -2.44. The van der Waals surface area contributed by atoms with Crippen LogP contribution >= 0.6 is 0 Å². The van der Waals surface area contributed by atoms with Gasteiger partial charge in [-0.1, -0.05) is 223 Å². The highest BCUT2D eigenvalue weighted by Crippen LogP contribution is 2.18. The van der Waals surface area contributed by atoms with Gasteiger partial charge in [0, 0.05) is 6.42 Å². The molecule has 6 nitrogen and oxygen atoms in total. The summed E-state index contributed by atoms with van der Waals surface area (Å²) in [5.41, 5.74) is 0. The van der Waals surface area contributed by atoms with Gasteiger partial charge in [0.15, 0.2) is 0 Å². The zero-order chi connectivity index (χ0) is 44.5. The largest absolute Gasteiger partial charge is 0.462 e. The van der Waals surface area contributed by atoms with Crippen molar-refractivity contribution in [3.05, 3.63) is 60.8 Å². The van der Waals surface area contributed by atoms with Gasteiger partial charge in [-0.15, -0.1) is 0 Å². The molecule has 0 aromatic rings. The number of ether oxygens (including phenoxy) is 1. The second-order valence-corrected chi connectivity index (χ2v) is 17.6. The zero-order valence-corrected chi connectivity index (χ0v) is 40.3. The van der Waals surface area contributed by atoms with Crippen molar-refractivity contribution in [3.63, 3.8) is 0 Å². The SMILES string of the molecule is CC/C=C/C=C/C=C\CCCCCCCC(=O)OC(CCCCCCCCC/C=C\C/C=C\CCCCC)CC(=O)NC(CO)C(O)CCCCCCCCCCCCCC. The molecule has 0 rings (SSSR count). The van der Waals surface area contributed by atoms with Crippen molar-refractivity contribution in [1.29, 1.82) is 0 Å². The number of aliphatic hydroxyl groups excluding tert-OH is 2. The van der Waals surface area contributed by atoms with E-state index in [2.05, 4.69) is 86.8 Å². The summed E-state index contributed by atoms with van der Waals surface area (Å²) in [4.78, 5) is 26.1. The molecule has 0 aliphatic heterocycles. The first-order valence-corrected chi connectivity index (χ1v) is 26.0. The summed E-state index contributed by atoms with van der Waals surface area (Å²) < 4.78 is 5.93. The van der Waals surface area contributed by atoms with Crippen LogP contribution in [0.2, 0.25) is 0 Å². The number of hydrogen-bond donors (Lipinski definition) is 3. The number of hydrogen-bond acceptors (Lipinski definition) is 5. The van der Waals surface area contributed by atoms with E-state index in [0.717, 1.165) is 96.3 Å². The highest BCUT2D eigenvalue weighted by atomic mass is 16.5. The quantitative estimate of drug-likeness (QED) is 0.0245. The third-order valence-electron chi connectivity index (χ3n) is 11.6. The number of allylic oxidation sites excluding steroid dienone is 10. The van der Waals surface area contributed by atoms with Crippen molar-refractivity contribution in [2.24, 2.45) is 0 Å². The Morgan fingerprint density at radius 2 is 0.951 bits per heavy atom. The lowest BCUT2D eigenvalue weighted by Crippen LogP contribution is -2.46. The van der Waals surface area contributed by atoms with Crippen LogP contribution in [0.25, 0.3) is 0 Å². The van der Waals surface area contributed by atoms with Crippen LogP contribution in [0.1, 0.15) is 252 Å². The summed E-state index contributed by atoms with van der Waals surface area (Å²) in [6.45, 7) is 6.32. The molecular formula is C55H99NO5. The number of aliphatic hydroxyl groups is 2. The Morgan fingerprint density at radius 1 is 0.508 bits per heavy atom. The van der Waals surface area contributed by atoms with E-state index in [1.165, 1.54) is 109 Å². The Balaban J connectivity index is 4.63. The molecule has 0 bridgehead atoms. The predicted octanol–water partition coefficient (Wildman–Crippen LogP) is 15.6. The minimum absolute atomic E-state index is 0.0628. The van der Waals surface area contributed by atoms with Crippen molar-refractivity contribution in [3.8, 4) is 0 Å². The number of unbranched alkanes of at least 4 members (excludes halogenated alkanes) is 26. The number of esters is 1. The average Bonchev–Trinajstić information content (AvgIpc) is 3.25. The first-order chi connectivity index (χ1) is 30.0. The molecule has 0 aliphatic rings. The van der Waals surface area contributed by atoms with Gasteiger partial charge in [0.05, 0.1) is 25.2 Å². The third-order valence-corrected chi connectivity index (χ3v) is 11.6. The normalized spacial score (nSPS) is 13.7. The first kappa shape index (κ1) is 58.6. The minimum atomic E-state index is -0.794. The molecule has 0 saturated heterocycles. The lowest BCUT2D eigenvalue weighted by molar-refractivity contribution is -0.151. The van der Waals surface area contributed by atoms with E-state index in [1.807, 2.05) is 0 Å². The van der Waals surface area contributed by atoms with Gasteiger partial charge >= 0.3 is 5.97 Å². The summed E-state index contributed by atoms with van der Waals surface area (Å²) in [6, 6.07) is -0.709. The maximum absolute atomic E-state index is 13.2. The molecule has 61 heavy (non-hydrogen) atoms. The monoisotopic (exact) mass is 854 g/mol. The Bertz CT molecular complexity index is 1090. The molecule has 0 heterocycles. The van der Waals surface area contributed by atoms with Crippen LogP contribution in [0.3, 0.4) is 0 Å². The topological polar surface area (TPSA) is 95.9 Å². The number of carbonyl (C=O) groups is 2. The van der Waals surface area contributed by atoms with Crippen molar-refractivity contribution >= 4 is 11.9 Å². The number of amides is 1. The smallest absolute Gasteiger partial charge is 0.306 e. The van der Waals surface area contributed by atoms with Crippen LogP contribution < -0.4 is 5.32 Å². The number of nitrogens with one attached hydrogen (secondary N) is 1. The molecule has 3 unspecified atom stereocenters. The lowest BCUT2D eigenvalue weighted by Gasteiger charge is -2.24. The summed E-state index contributed by atoms with van der Waals surface area (Å²) in [5, 5.41) is 23.8. The predicted molar refractivity (Wildman–Crippen MR) is 264 cm³/mol. The molecule has 0 aromatic heterocycles. The molecule has 6 heteroatoms. The Morgan fingerprint density at radius 3 is 1.49 bits per heavy atom. The summed E-state index contributed by atoms with van der Waals surface area (Å²) in [5.74, 6) is -0.503. The van der Waals surface area contributed by atoms with Crippen LogP contribution in [0, 0.1) is 0 Å². The molecule has 0 aromatic carbocycles. The van der Waals surface area contributed by atoms with E-state index in [0.29, 0.717) is 19.3 Å².